The standard InChI is InChI=1S/C27H29N.C10H10.C7H9N/c1-16-8-17(2)11-23(10-16)21(6)25-14-20(5)15-26(27(25)28)22(7)24-12-18(3)9-19(4)13-24;1-4-10-6-8(2)5-9(3)7-10;1-6-2-4-7(8)5-3-6/h8-15H,6-7,28H2,1-5H3;1,5-7H,2-3H3;2-5H,8H2,1H3. The first-order valence-electron chi connectivity index (χ1n) is 15.5. The van der Waals surface area contributed by atoms with E-state index in [4.69, 9.17) is 17.9 Å². The number of hydrogen-bond donors (Lipinski definition) is 2. The van der Waals surface area contributed by atoms with Gasteiger partial charge < -0.3 is 11.5 Å². The van der Waals surface area contributed by atoms with Crippen LogP contribution in [0.5, 0.6) is 0 Å². The highest BCUT2D eigenvalue weighted by atomic mass is 14.6. The van der Waals surface area contributed by atoms with Crippen molar-refractivity contribution < 1.29 is 0 Å². The molecule has 0 aromatic heterocycles. The van der Waals surface area contributed by atoms with E-state index >= 15 is 0 Å². The quantitative estimate of drug-likeness (QED) is 0.158. The Balaban J connectivity index is 0.000000259. The normalized spacial score (nSPS) is 10.1. The number of aryl methyl sites for hydroxylation is 8. The Morgan fingerprint density at radius 1 is 0.478 bits per heavy atom. The maximum absolute atomic E-state index is 6.66. The molecule has 0 spiro atoms. The Labute approximate surface area is 277 Å². The van der Waals surface area contributed by atoms with Crippen LogP contribution in [-0.4, -0.2) is 0 Å². The van der Waals surface area contributed by atoms with Crippen LogP contribution in [0.3, 0.4) is 0 Å². The van der Waals surface area contributed by atoms with Gasteiger partial charge in [-0.25, -0.2) is 0 Å². The van der Waals surface area contributed by atoms with Gasteiger partial charge in [-0.15, -0.1) is 6.42 Å². The molecule has 0 fully saturated rings. The SMILES string of the molecule is C#Cc1cc(C)cc(C)c1.C=C(c1cc(C)cc(C)c1)c1cc(C)cc(C(=C)c2cc(C)cc(C)c2)c1N.Cc1ccc(N)cc1. The van der Waals surface area contributed by atoms with Gasteiger partial charge in [0, 0.05) is 28.1 Å². The topological polar surface area (TPSA) is 52.0 Å². The minimum absolute atomic E-state index is 0.735. The third kappa shape index (κ3) is 9.88. The first kappa shape index (κ1) is 35.2. The molecule has 0 aliphatic heterocycles. The molecule has 5 aromatic carbocycles. The van der Waals surface area contributed by atoms with E-state index in [2.05, 4.69) is 108 Å². The van der Waals surface area contributed by atoms with Gasteiger partial charge in [-0.05, 0) is 131 Å². The molecular formula is C44H48N2. The van der Waals surface area contributed by atoms with Crippen molar-refractivity contribution in [3.05, 3.63) is 176 Å². The van der Waals surface area contributed by atoms with E-state index in [0.717, 1.165) is 55.9 Å². The van der Waals surface area contributed by atoms with Gasteiger partial charge in [-0.2, -0.15) is 0 Å². The van der Waals surface area contributed by atoms with Crippen molar-refractivity contribution in [2.24, 2.45) is 0 Å². The van der Waals surface area contributed by atoms with Gasteiger partial charge in [0.15, 0.2) is 0 Å². The Kier molecular flexibility index (Phi) is 12.0. The van der Waals surface area contributed by atoms with Crippen LogP contribution in [0.15, 0.2) is 104 Å². The number of nitrogens with two attached hydrogens (primary N) is 2. The molecule has 0 aliphatic rings. The van der Waals surface area contributed by atoms with Crippen molar-refractivity contribution in [1.82, 2.24) is 0 Å². The van der Waals surface area contributed by atoms with Crippen LogP contribution >= 0.6 is 0 Å². The predicted octanol–water partition coefficient (Wildman–Crippen LogP) is 10.8. The summed E-state index contributed by atoms with van der Waals surface area (Å²) in [4.78, 5) is 0. The molecule has 0 heterocycles. The Morgan fingerprint density at radius 2 is 0.804 bits per heavy atom. The van der Waals surface area contributed by atoms with Crippen molar-refractivity contribution in [1.29, 1.82) is 0 Å². The van der Waals surface area contributed by atoms with Crippen LogP contribution in [0.25, 0.3) is 11.1 Å². The Morgan fingerprint density at radius 3 is 1.13 bits per heavy atom. The molecule has 0 atom stereocenters. The highest BCUT2D eigenvalue weighted by Gasteiger charge is 2.15. The smallest absolute Gasteiger partial charge is 0.0473 e. The Bertz CT molecular complexity index is 1750. The number of hydrogen-bond acceptors (Lipinski definition) is 2. The maximum atomic E-state index is 6.66. The van der Waals surface area contributed by atoms with E-state index in [-0.39, 0.29) is 0 Å². The zero-order valence-corrected chi connectivity index (χ0v) is 28.8. The van der Waals surface area contributed by atoms with Crippen LogP contribution in [0.4, 0.5) is 11.4 Å². The van der Waals surface area contributed by atoms with Crippen molar-refractivity contribution in [3.8, 4) is 12.3 Å². The lowest BCUT2D eigenvalue weighted by molar-refractivity contribution is 1.35. The number of benzene rings is 5. The number of rotatable bonds is 4. The summed E-state index contributed by atoms with van der Waals surface area (Å²) in [5, 5.41) is 0. The number of terminal acetylenes is 1. The number of anilines is 2. The van der Waals surface area contributed by atoms with E-state index in [1.165, 1.54) is 38.9 Å². The van der Waals surface area contributed by atoms with Crippen LogP contribution in [0.1, 0.15) is 72.3 Å². The molecule has 234 valence electrons. The van der Waals surface area contributed by atoms with E-state index in [1.807, 2.05) is 57.2 Å². The molecule has 0 saturated carbocycles. The summed E-state index contributed by atoms with van der Waals surface area (Å²) in [6.07, 6.45) is 5.24. The summed E-state index contributed by atoms with van der Waals surface area (Å²) < 4.78 is 0. The largest absolute Gasteiger partial charge is 0.399 e. The molecule has 2 heteroatoms. The van der Waals surface area contributed by atoms with Gasteiger partial charge >= 0.3 is 0 Å². The lowest BCUT2D eigenvalue weighted by atomic mass is 9.88. The summed E-state index contributed by atoms with van der Waals surface area (Å²) in [6.45, 7) is 25.4. The summed E-state index contributed by atoms with van der Waals surface area (Å²) in [5.41, 5.74) is 30.4. The monoisotopic (exact) mass is 604 g/mol. The molecular weight excluding hydrogens is 556 g/mol. The highest BCUT2D eigenvalue weighted by molar-refractivity contribution is 5.93. The lowest BCUT2D eigenvalue weighted by Gasteiger charge is -2.18. The molecule has 5 aromatic rings. The van der Waals surface area contributed by atoms with E-state index in [9.17, 15) is 0 Å². The predicted molar refractivity (Wildman–Crippen MR) is 203 cm³/mol. The van der Waals surface area contributed by atoms with Gasteiger partial charge in [-0.3, -0.25) is 0 Å². The molecule has 0 unspecified atom stereocenters. The van der Waals surface area contributed by atoms with Gasteiger partial charge in [-0.1, -0.05) is 101 Å². The summed E-state index contributed by atoms with van der Waals surface area (Å²) >= 11 is 0. The van der Waals surface area contributed by atoms with Crippen molar-refractivity contribution in [2.75, 3.05) is 11.5 Å². The first-order valence-corrected chi connectivity index (χ1v) is 15.5. The molecule has 5 rings (SSSR count). The summed E-state index contributed by atoms with van der Waals surface area (Å²) in [7, 11) is 0. The molecule has 0 saturated heterocycles. The number of nitrogen functional groups attached to an aromatic ring is 2. The second-order valence-corrected chi connectivity index (χ2v) is 12.4. The first-order chi connectivity index (χ1) is 21.7. The fourth-order valence-electron chi connectivity index (χ4n) is 5.53. The maximum Gasteiger partial charge on any atom is 0.0473 e. The molecule has 0 aliphatic carbocycles. The molecule has 0 radical (unpaired) electrons. The molecule has 4 N–H and O–H groups in total. The average molecular weight is 605 g/mol. The molecule has 0 amide bonds. The van der Waals surface area contributed by atoms with Gasteiger partial charge in [0.1, 0.15) is 0 Å². The second kappa shape index (κ2) is 15.6. The van der Waals surface area contributed by atoms with Crippen molar-refractivity contribution in [3.63, 3.8) is 0 Å². The summed E-state index contributed by atoms with van der Waals surface area (Å²) in [6, 6.07) is 31.1. The van der Waals surface area contributed by atoms with Crippen LogP contribution in [-0.2, 0) is 0 Å². The van der Waals surface area contributed by atoms with Crippen LogP contribution in [0, 0.1) is 67.7 Å². The third-order valence-corrected chi connectivity index (χ3v) is 7.58. The zero-order valence-electron chi connectivity index (χ0n) is 28.8. The average Bonchev–Trinajstić information content (AvgIpc) is 2.98. The van der Waals surface area contributed by atoms with Gasteiger partial charge in [0.25, 0.3) is 0 Å². The lowest BCUT2D eigenvalue weighted by Crippen LogP contribution is -2.02. The third-order valence-electron chi connectivity index (χ3n) is 7.58. The van der Waals surface area contributed by atoms with E-state index in [1.54, 1.807) is 0 Å². The summed E-state index contributed by atoms with van der Waals surface area (Å²) in [5.74, 6) is 2.61. The minimum Gasteiger partial charge on any atom is -0.399 e. The fourth-order valence-corrected chi connectivity index (χ4v) is 5.53. The van der Waals surface area contributed by atoms with Crippen LogP contribution in [0.2, 0.25) is 0 Å². The van der Waals surface area contributed by atoms with Crippen LogP contribution < -0.4 is 11.5 Å². The van der Waals surface area contributed by atoms with Crippen molar-refractivity contribution >= 4 is 22.5 Å². The van der Waals surface area contributed by atoms with Crippen molar-refractivity contribution in [2.45, 2.75) is 55.4 Å². The van der Waals surface area contributed by atoms with E-state index in [0.29, 0.717) is 0 Å². The Hall–Kier alpha value is -5.26. The molecule has 0 bridgehead atoms. The van der Waals surface area contributed by atoms with Gasteiger partial charge in [0.2, 0.25) is 0 Å². The fraction of sp³-hybridized carbons (Fsp3) is 0.182. The second-order valence-electron chi connectivity index (χ2n) is 12.4. The minimum atomic E-state index is 0.735. The molecule has 2 nitrogen and oxygen atoms in total. The van der Waals surface area contributed by atoms with E-state index < -0.39 is 0 Å². The highest BCUT2D eigenvalue weighted by Crippen LogP contribution is 2.36. The zero-order chi connectivity index (χ0) is 34.1. The molecule has 46 heavy (non-hydrogen) atoms. The van der Waals surface area contributed by atoms with Gasteiger partial charge in [0.05, 0.1) is 0 Å².